The van der Waals surface area contributed by atoms with E-state index in [0.717, 1.165) is 14.6 Å². The maximum Gasteiger partial charge on any atom is 0.170 e. The van der Waals surface area contributed by atoms with Gasteiger partial charge in [0.2, 0.25) is 0 Å². The highest BCUT2D eigenvalue weighted by Gasteiger charge is 2.28. The molecule has 0 bridgehead atoms. The molecule has 5 heteroatoms. The molecular weight excluding hydrogens is 374 g/mol. The Bertz CT molecular complexity index is 640. The van der Waals surface area contributed by atoms with Crippen molar-refractivity contribution in [3.63, 3.8) is 0 Å². The molecule has 1 aliphatic heterocycles. The lowest BCUT2D eigenvalue weighted by Crippen LogP contribution is -2.21. The summed E-state index contributed by atoms with van der Waals surface area (Å²) in [6.07, 6.45) is 1.72. The lowest BCUT2D eigenvalue weighted by Gasteiger charge is -2.24. The molecule has 0 saturated carbocycles. The summed E-state index contributed by atoms with van der Waals surface area (Å²) in [5.41, 5.74) is 1.40. The molecule has 2 heterocycles. The largest absolute Gasteiger partial charge is 0.483 e. The number of aromatic nitrogens is 1. The van der Waals surface area contributed by atoms with Gasteiger partial charge in [-0.05, 0) is 46.3 Å². The topological polar surface area (TPSA) is 39.2 Å². The van der Waals surface area contributed by atoms with E-state index in [1.54, 1.807) is 12.3 Å². The van der Waals surface area contributed by atoms with Crippen molar-refractivity contribution < 1.29 is 9.53 Å². The fourth-order valence-corrected chi connectivity index (χ4v) is 2.63. The van der Waals surface area contributed by atoms with Crippen LogP contribution in [0.5, 0.6) is 5.75 Å². The van der Waals surface area contributed by atoms with Crippen LogP contribution in [0.1, 0.15) is 28.6 Å². The van der Waals surface area contributed by atoms with E-state index in [0.29, 0.717) is 17.7 Å². The Morgan fingerprint density at radius 2 is 1.95 bits per heavy atom. The van der Waals surface area contributed by atoms with Gasteiger partial charge in [-0.2, -0.15) is 0 Å². The minimum Gasteiger partial charge on any atom is -0.483 e. The molecule has 0 radical (unpaired) electrons. The quantitative estimate of drug-likeness (QED) is 0.737. The smallest absolute Gasteiger partial charge is 0.170 e. The summed E-state index contributed by atoms with van der Waals surface area (Å²) in [5.74, 6) is 0.700. The Balaban J connectivity index is 1.95. The number of ether oxygens (including phenoxy) is 1. The van der Waals surface area contributed by atoms with Gasteiger partial charge in [0.15, 0.2) is 5.78 Å². The first kappa shape index (κ1) is 12.8. The molecule has 0 fully saturated rings. The molecule has 19 heavy (non-hydrogen) atoms. The summed E-state index contributed by atoms with van der Waals surface area (Å²) in [7, 11) is 0. The number of halogens is 2. The van der Waals surface area contributed by atoms with Crippen LogP contribution in [0.4, 0.5) is 0 Å². The molecule has 1 aromatic heterocycles. The first-order valence-electron chi connectivity index (χ1n) is 5.74. The van der Waals surface area contributed by atoms with E-state index in [1.807, 2.05) is 24.3 Å². The molecular formula is C14H9Br2NO2. The molecule has 96 valence electrons. The Morgan fingerprint density at radius 1 is 1.16 bits per heavy atom. The second-order valence-corrected chi connectivity index (χ2v) is 6.11. The van der Waals surface area contributed by atoms with E-state index in [4.69, 9.17) is 4.74 Å². The average molecular weight is 383 g/mol. The third kappa shape index (κ3) is 2.58. The van der Waals surface area contributed by atoms with E-state index in [1.165, 1.54) is 0 Å². The van der Waals surface area contributed by atoms with Crippen molar-refractivity contribution in [2.45, 2.75) is 12.5 Å². The van der Waals surface area contributed by atoms with Gasteiger partial charge in [-0.25, -0.2) is 0 Å². The Labute approximate surface area is 127 Å². The normalized spacial score (nSPS) is 17.8. The van der Waals surface area contributed by atoms with Gasteiger partial charge >= 0.3 is 0 Å². The zero-order valence-electron chi connectivity index (χ0n) is 9.77. The van der Waals surface area contributed by atoms with Crippen LogP contribution in [0.3, 0.4) is 0 Å². The third-order valence-electron chi connectivity index (χ3n) is 2.96. The maximum absolute atomic E-state index is 12.2. The van der Waals surface area contributed by atoms with Gasteiger partial charge < -0.3 is 4.74 Å². The van der Waals surface area contributed by atoms with Crippen LogP contribution in [-0.4, -0.2) is 10.8 Å². The number of carbonyl (C=O) groups excluding carboxylic acids is 1. The molecule has 0 saturated heterocycles. The van der Waals surface area contributed by atoms with Crippen molar-refractivity contribution in [2.24, 2.45) is 0 Å². The summed E-state index contributed by atoms with van der Waals surface area (Å²) in [5, 5.41) is 0. The van der Waals surface area contributed by atoms with Crippen molar-refractivity contribution in [1.82, 2.24) is 4.98 Å². The molecule has 0 amide bonds. The van der Waals surface area contributed by atoms with Crippen LogP contribution in [0.15, 0.2) is 45.5 Å². The molecule has 0 N–H and O–H groups in total. The van der Waals surface area contributed by atoms with Crippen molar-refractivity contribution in [2.75, 3.05) is 0 Å². The van der Waals surface area contributed by atoms with Crippen molar-refractivity contribution in [1.29, 1.82) is 0 Å². The molecule has 1 aromatic carbocycles. The van der Waals surface area contributed by atoms with Gasteiger partial charge in [0.25, 0.3) is 0 Å². The van der Waals surface area contributed by atoms with Crippen LogP contribution in [-0.2, 0) is 0 Å². The second-order valence-electron chi connectivity index (χ2n) is 4.28. The van der Waals surface area contributed by atoms with Crippen molar-refractivity contribution >= 4 is 37.6 Å². The van der Waals surface area contributed by atoms with E-state index >= 15 is 0 Å². The SMILES string of the molecule is O=C1CC(c2ccc(Br)cn2)Oc2ccc(Br)cc21. The van der Waals surface area contributed by atoms with Gasteiger partial charge in [0.1, 0.15) is 11.9 Å². The fraction of sp³-hybridized carbons (Fsp3) is 0.143. The van der Waals surface area contributed by atoms with E-state index in [2.05, 4.69) is 36.8 Å². The number of benzene rings is 1. The first-order chi connectivity index (χ1) is 9.13. The first-order valence-corrected chi connectivity index (χ1v) is 7.33. The van der Waals surface area contributed by atoms with Crippen LogP contribution < -0.4 is 4.74 Å². The van der Waals surface area contributed by atoms with Crippen molar-refractivity contribution in [3.05, 3.63) is 56.7 Å². The molecule has 1 atom stereocenters. The third-order valence-corrected chi connectivity index (χ3v) is 3.92. The number of fused-ring (bicyclic) bond motifs is 1. The zero-order valence-corrected chi connectivity index (χ0v) is 12.9. The number of rotatable bonds is 1. The minimum atomic E-state index is -0.311. The summed E-state index contributed by atoms with van der Waals surface area (Å²) >= 11 is 6.70. The molecule has 0 spiro atoms. The lowest BCUT2D eigenvalue weighted by atomic mass is 9.99. The van der Waals surface area contributed by atoms with Crippen LogP contribution >= 0.6 is 31.9 Å². The van der Waals surface area contributed by atoms with E-state index in [9.17, 15) is 4.79 Å². The molecule has 1 aliphatic rings. The minimum absolute atomic E-state index is 0.0808. The molecule has 0 aliphatic carbocycles. The zero-order chi connectivity index (χ0) is 13.4. The maximum atomic E-state index is 12.2. The Kier molecular flexibility index (Phi) is 3.41. The Morgan fingerprint density at radius 3 is 2.68 bits per heavy atom. The number of pyridine rings is 1. The fourth-order valence-electron chi connectivity index (χ4n) is 2.04. The number of carbonyl (C=O) groups is 1. The summed E-state index contributed by atoms with van der Waals surface area (Å²) in [6, 6.07) is 9.23. The number of hydrogen-bond donors (Lipinski definition) is 0. The number of nitrogens with zero attached hydrogens (tertiary/aromatic N) is 1. The summed E-state index contributed by atoms with van der Waals surface area (Å²) < 4.78 is 7.65. The van der Waals surface area contributed by atoms with E-state index in [-0.39, 0.29) is 11.9 Å². The van der Waals surface area contributed by atoms with Crippen molar-refractivity contribution in [3.8, 4) is 5.75 Å². The summed E-state index contributed by atoms with van der Waals surface area (Å²) in [4.78, 5) is 16.4. The van der Waals surface area contributed by atoms with Gasteiger partial charge in [-0.15, -0.1) is 0 Å². The molecule has 2 aromatic rings. The van der Waals surface area contributed by atoms with Crippen LogP contribution in [0, 0.1) is 0 Å². The van der Waals surface area contributed by atoms with Gasteiger partial charge in [0.05, 0.1) is 17.7 Å². The highest BCUT2D eigenvalue weighted by Crippen LogP contribution is 2.35. The monoisotopic (exact) mass is 381 g/mol. The second kappa shape index (κ2) is 5.06. The highest BCUT2D eigenvalue weighted by molar-refractivity contribution is 9.10. The number of ketones is 1. The summed E-state index contributed by atoms with van der Waals surface area (Å²) in [6.45, 7) is 0. The molecule has 1 unspecified atom stereocenters. The highest BCUT2D eigenvalue weighted by atomic mass is 79.9. The van der Waals surface area contributed by atoms with Crippen LogP contribution in [0.2, 0.25) is 0 Å². The van der Waals surface area contributed by atoms with Gasteiger partial charge in [-0.3, -0.25) is 9.78 Å². The standard InChI is InChI=1S/C14H9Br2NO2/c15-8-2-4-13-10(5-8)12(18)6-14(19-13)11-3-1-9(16)7-17-11/h1-5,7,14H,6H2. The van der Waals surface area contributed by atoms with E-state index < -0.39 is 0 Å². The number of Topliss-reactive ketones (excluding diaryl/α,β-unsaturated/α-hetero) is 1. The van der Waals surface area contributed by atoms with Crippen LogP contribution in [0.25, 0.3) is 0 Å². The van der Waals surface area contributed by atoms with Gasteiger partial charge in [0, 0.05) is 15.1 Å². The van der Waals surface area contributed by atoms with Gasteiger partial charge in [-0.1, -0.05) is 15.9 Å². The Hall–Kier alpha value is -1.20. The molecule has 3 nitrogen and oxygen atoms in total. The predicted molar refractivity (Wildman–Crippen MR) is 78.4 cm³/mol. The number of hydrogen-bond acceptors (Lipinski definition) is 3. The predicted octanol–water partition coefficient (Wildman–Crippen LogP) is 4.31. The average Bonchev–Trinajstić information content (AvgIpc) is 2.40. The lowest BCUT2D eigenvalue weighted by molar-refractivity contribution is 0.0844. The molecule has 3 rings (SSSR count).